The second-order valence-corrected chi connectivity index (χ2v) is 6.08. The smallest absolute Gasteiger partial charge is 0.314 e. The minimum atomic E-state index is -4.67. The second-order valence-electron chi connectivity index (χ2n) is 6.08. The third-order valence-electron chi connectivity index (χ3n) is 4.42. The summed E-state index contributed by atoms with van der Waals surface area (Å²) in [5, 5.41) is 3.22. The van der Waals surface area contributed by atoms with Crippen molar-refractivity contribution in [2.75, 3.05) is 26.2 Å². The van der Waals surface area contributed by atoms with E-state index in [9.17, 15) is 17.6 Å². The zero-order chi connectivity index (χ0) is 17.6. The van der Waals surface area contributed by atoms with Crippen molar-refractivity contribution < 1.29 is 17.6 Å². The van der Waals surface area contributed by atoms with E-state index in [0.29, 0.717) is 19.5 Å². The highest BCUT2D eigenvalue weighted by molar-refractivity contribution is 5.30. The third kappa shape index (κ3) is 4.80. The Bertz CT molecular complexity index is 536. The number of halogens is 4. The van der Waals surface area contributed by atoms with Crippen molar-refractivity contribution in [3.8, 4) is 0 Å². The molecule has 0 aliphatic carbocycles. The van der Waals surface area contributed by atoms with Crippen LogP contribution in [-0.2, 0) is 6.18 Å². The summed E-state index contributed by atoms with van der Waals surface area (Å²) < 4.78 is 53.6. The van der Waals surface area contributed by atoms with Crippen LogP contribution in [0.1, 0.15) is 42.9 Å². The molecule has 2 nitrogen and oxygen atoms in total. The molecular formula is C18H24F4N2. The van der Waals surface area contributed by atoms with Gasteiger partial charge < -0.3 is 5.32 Å². The molecule has 1 aromatic carbocycles. The molecule has 1 fully saturated rings. The molecular weight excluding hydrogens is 320 g/mol. The van der Waals surface area contributed by atoms with Gasteiger partial charge in [0.25, 0.3) is 0 Å². The number of alkyl halides is 3. The van der Waals surface area contributed by atoms with E-state index in [0.717, 1.165) is 38.4 Å². The van der Waals surface area contributed by atoms with Gasteiger partial charge in [-0.05, 0) is 25.3 Å². The highest BCUT2D eigenvalue weighted by Gasteiger charge is 2.36. The van der Waals surface area contributed by atoms with Gasteiger partial charge in [0.1, 0.15) is 5.82 Å². The van der Waals surface area contributed by atoms with Crippen LogP contribution in [0.5, 0.6) is 0 Å². The van der Waals surface area contributed by atoms with Crippen LogP contribution in [0.25, 0.3) is 0 Å². The van der Waals surface area contributed by atoms with E-state index in [2.05, 4.69) is 16.8 Å². The number of nitrogens with one attached hydrogen (secondary N) is 1. The predicted octanol–water partition coefficient (Wildman–Crippen LogP) is 4.54. The Kier molecular flexibility index (Phi) is 6.80. The van der Waals surface area contributed by atoms with E-state index in [1.54, 1.807) is 0 Å². The molecule has 1 aliphatic rings. The highest BCUT2D eigenvalue weighted by Crippen LogP contribution is 2.36. The molecule has 2 rings (SSSR count). The van der Waals surface area contributed by atoms with Crippen molar-refractivity contribution in [1.29, 1.82) is 0 Å². The van der Waals surface area contributed by atoms with Gasteiger partial charge in [-0.15, -0.1) is 6.58 Å². The fourth-order valence-electron chi connectivity index (χ4n) is 3.18. The van der Waals surface area contributed by atoms with Crippen molar-refractivity contribution in [1.82, 2.24) is 10.2 Å². The SMILES string of the molecule is C=CCCCC[C@H](c1cccc(C(F)(F)F)c1F)N1CCNCC1. The predicted molar refractivity (Wildman–Crippen MR) is 87.3 cm³/mol. The maximum Gasteiger partial charge on any atom is 0.419 e. The summed E-state index contributed by atoms with van der Waals surface area (Å²) in [6, 6.07) is 3.29. The average Bonchev–Trinajstić information content (AvgIpc) is 2.55. The van der Waals surface area contributed by atoms with Gasteiger partial charge in [0.2, 0.25) is 0 Å². The fraction of sp³-hybridized carbons (Fsp3) is 0.556. The van der Waals surface area contributed by atoms with E-state index in [4.69, 9.17) is 0 Å². The summed E-state index contributed by atoms with van der Waals surface area (Å²) in [5.74, 6) is -1.13. The number of benzene rings is 1. The number of unbranched alkanes of at least 4 members (excludes halogenated alkanes) is 2. The lowest BCUT2D eigenvalue weighted by molar-refractivity contribution is -0.140. The molecule has 0 aromatic heterocycles. The lowest BCUT2D eigenvalue weighted by atomic mass is 9.95. The lowest BCUT2D eigenvalue weighted by Crippen LogP contribution is -2.45. The van der Waals surface area contributed by atoms with Gasteiger partial charge in [-0.1, -0.05) is 24.6 Å². The standard InChI is InChI=1S/C18H24F4N2/c1-2-3-4-5-9-16(24-12-10-23-11-13-24)14-7-6-8-15(17(14)19)18(20,21)22/h2,6-8,16,23H,1,3-5,9-13H2/t16-/m1/s1. The Morgan fingerprint density at radius 1 is 1.21 bits per heavy atom. The van der Waals surface area contributed by atoms with Crippen LogP contribution < -0.4 is 5.32 Å². The Balaban J connectivity index is 2.26. The van der Waals surface area contributed by atoms with Crippen LogP contribution in [0.3, 0.4) is 0 Å². The normalized spacial score (nSPS) is 17.7. The van der Waals surface area contributed by atoms with E-state index in [1.165, 1.54) is 12.1 Å². The van der Waals surface area contributed by atoms with Crippen molar-refractivity contribution in [3.63, 3.8) is 0 Å². The molecule has 0 spiro atoms. The molecule has 24 heavy (non-hydrogen) atoms. The molecule has 1 aromatic rings. The van der Waals surface area contributed by atoms with Gasteiger partial charge >= 0.3 is 6.18 Å². The Hall–Kier alpha value is -1.40. The number of hydrogen-bond acceptors (Lipinski definition) is 2. The third-order valence-corrected chi connectivity index (χ3v) is 4.42. The van der Waals surface area contributed by atoms with Gasteiger partial charge in [0, 0.05) is 37.8 Å². The first-order valence-corrected chi connectivity index (χ1v) is 8.36. The summed E-state index contributed by atoms with van der Waals surface area (Å²) in [7, 11) is 0. The quantitative estimate of drug-likeness (QED) is 0.444. The number of nitrogens with zero attached hydrogens (tertiary/aromatic N) is 1. The highest BCUT2D eigenvalue weighted by atomic mass is 19.4. The number of hydrogen-bond donors (Lipinski definition) is 1. The molecule has 6 heteroatoms. The average molecular weight is 344 g/mol. The Morgan fingerprint density at radius 2 is 1.92 bits per heavy atom. The van der Waals surface area contributed by atoms with Crippen LogP contribution >= 0.6 is 0 Å². The van der Waals surface area contributed by atoms with Gasteiger partial charge in [-0.2, -0.15) is 13.2 Å². The molecule has 0 bridgehead atoms. The van der Waals surface area contributed by atoms with Crippen LogP contribution in [0.4, 0.5) is 17.6 Å². The summed E-state index contributed by atoms with van der Waals surface area (Å²) in [6.45, 7) is 6.63. The number of rotatable bonds is 7. The van der Waals surface area contributed by atoms with Crippen LogP contribution in [-0.4, -0.2) is 31.1 Å². The van der Waals surface area contributed by atoms with Gasteiger partial charge in [0.15, 0.2) is 0 Å². The molecule has 0 radical (unpaired) electrons. The Morgan fingerprint density at radius 3 is 2.54 bits per heavy atom. The molecule has 1 N–H and O–H groups in total. The van der Waals surface area contributed by atoms with Crippen molar-refractivity contribution >= 4 is 0 Å². The summed E-state index contributed by atoms with van der Waals surface area (Å²) in [5.41, 5.74) is -1.02. The zero-order valence-electron chi connectivity index (χ0n) is 13.7. The maximum atomic E-state index is 14.6. The molecule has 0 amide bonds. The van der Waals surface area contributed by atoms with Crippen molar-refractivity contribution in [2.24, 2.45) is 0 Å². The summed E-state index contributed by atoms with van der Waals surface area (Å²) in [6.07, 6.45) is 0.399. The monoisotopic (exact) mass is 344 g/mol. The minimum absolute atomic E-state index is 0.158. The molecule has 1 saturated heterocycles. The van der Waals surface area contributed by atoms with E-state index < -0.39 is 17.6 Å². The molecule has 1 aliphatic heterocycles. The fourth-order valence-corrected chi connectivity index (χ4v) is 3.18. The molecule has 1 heterocycles. The lowest BCUT2D eigenvalue weighted by Gasteiger charge is -2.35. The summed E-state index contributed by atoms with van der Waals surface area (Å²) >= 11 is 0. The topological polar surface area (TPSA) is 15.3 Å². The van der Waals surface area contributed by atoms with Gasteiger partial charge in [0.05, 0.1) is 5.56 Å². The first-order valence-electron chi connectivity index (χ1n) is 8.36. The van der Waals surface area contributed by atoms with Gasteiger partial charge in [-0.3, -0.25) is 4.90 Å². The van der Waals surface area contributed by atoms with Gasteiger partial charge in [-0.25, -0.2) is 4.39 Å². The molecule has 134 valence electrons. The molecule has 1 atom stereocenters. The van der Waals surface area contributed by atoms with E-state index >= 15 is 0 Å². The first kappa shape index (κ1) is 18.9. The van der Waals surface area contributed by atoms with Crippen LogP contribution in [0.15, 0.2) is 30.9 Å². The summed E-state index contributed by atoms with van der Waals surface area (Å²) in [4.78, 5) is 2.09. The van der Waals surface area contributed by atoms with E-state index in [-0.39, 0.29) is 11.6 Å². The van der Waals surface area contributed by atoms with Crippen LogP contribution in [0.2, 0.25) is 0 Å². The van der Waals surface area contributed by atoms with Crippen molar-refractivity contribution in [2.45, 2.75) is 37.9 Å². The Labute approximate surface area is 140 Å². The van der Waals surface area contributed by atoms with E-state index in [1.807, 2.05) is 6.08 Å². The second kappa shape index (κ2) is 8.62. The van der Waals surface area contributed by atoms with Crippen molar-refractivity contribution in [3.05, 3.63) is 47.8 Å². The first-order chi connectivity index (χ1) is 11.4. The number of piperazine rings is 1. The molecule has 0 saturated carbocycles. The zero-order valence-corrected chi connectivity index (χ0v) is 13.7. The van der Waals surface area contributed by atoms with Crippen LogP contribution in [0, 0.1) is 5.82 Å². The maximum absolute atomic E-state index is 14.6. The molecule has 0 unspecified atom stereocenters. The largest absolute Gasteiger partial charge is 0.419 e. The minimum Gasteiger partial charge on any atom is -0.314 e. The number of allylic oxidation sites excluding steroid dienone is 1.